The van der Waals surface area contributed by atoms with Gasteiger partial charge in [-0.25, -0.2) is 4.79 Å². The highest BCUT2D eigenvalue weighted by Crippen LogP contribution is 2.09. The molecular weight excluding hydrogens is 440 g/mol. The topological polar surface area (TPSA) is 141 Å². The van der Waals surface area contributed by atoms with E-state index in [0.717, 1.165) is 5.56 Å². The maximum absolute atomic E-state index is 12.8. The summed E-state index contributed by atoms with van der Waals surface area (Å²) in [4.78, 5) is 52.3. The molecule has 4 N–H and O–H groups in total. The van der Waals surface area contributed by atoms with Gasteiger partial charge in [-0.05, 0) is 36.8 Å². The molecule has 0 bridgehead atoms. The van der Waals surface area contributed by atoms with Gasteiger partial charge in [0, 0.05) is 25.2 Å². The first-order valence-corrected chi connectivity index (χ1v) is 10.2. The van der Waals surface area contributed by atoms with Gasteiger partial charge in [0.2, 0.25) is 0 Å². The molecule has 2 rings (SSSR count). The number of halogens is 1. The zero-order valence-electron chi connectivity index (χ0n) is 17.7. The molecule has 0 radical (unpaired) electrons. The number of hydrogen-bond acceptors (Lipinski definition) is 6. The molecule has 1 aromatic carbocycles. The summed E-state index contributed by atoms with van der Waals surface area (Å²) < 4.78 is 4.88. The second-order valence-electron chi connectivity index (χ2n) is 6.91. The molecule has 0 saturated heterocycles. The molecule has 2 aromatic rings. The van der Waals surface area contributed by atoms with E-state index in [2.05, 4.69) is 15.6 Å². The summed E-state index contributed by atoms with van der Waals surface area (Å²) >= 11 is 5.83. The van der Waals surface area contributed by atoms with E-state index in [0.29, 0.717) is 5.02 Å². The van der Waals surface area contributed by atoms with E-state index in [1.165, 1.54) is 31.0 Å². The molecule has 0 aliphatic rings. The largest absolute Gasteiger partial charge is 0.448 e. The van der Waals surface area contributed by atoms with Gasteiger partial charge < -0.3 is 30.4 Å². The van der Waals surface area contributed by atoms with Gasteiger partial charge in [-0.1, -0.05) is 23.7 Å². The second kappa shape index (κ2) is 11.9. The first-order chi connectivity index (χ1) is 15.2. The Hall–Kier alpha value is -3.37. The molecule has 0 saturated carbocycles. The molecule has 1 heterocycles. The number of aliphatic hydroxyl groups is 1. The highest BCUT2D eigenvalue weighted by molar-refractivity contribution is 6.30. The lowest BCUT2D eigenvalue weighted by Crippen LogP contribution is -2.40. The Labute approximate surface area is 189 Å². The number of aromatic amines is 1. The molecule has 0 aliphatic carbocycles. The lowest BCUT2D eigenvalue weighted by Gasteiger charge is -2.23. The fourth-order valence-corrected chi connectivity index (χ4v) is 2.87. The van der Waals surface area contributed by atoms with Gasteiger partial charge in [0.15, 0.2) is 0 Å². The van der Waals surface area contributed by atoms with E-state index in [1.807, 2.05) is 0 Å². The standard InChI is InChI=1S/C21H25ClN4O6/c1-13(27)12-26(9-10-32-21(31)23-2)20(30)17-8-7-16(19(29)25-17)18(28)24-11-14-3-5-15(22)6-4-14/h3-8,13,27H,9-12H2,1-2H3,(H,23,31)(H,24,28)(H,25,29). The van der Waals surface area contributed by atoms with Crippen LogP contribution in [0.1, 0.15) is 33.3 Å². The number of nitrogens with zero attached hydrogens (tertiary/aromatic N) is 1. The maximum atomic E-state index is 12.8. The van der Waals surface area contributed by atoms with Gasteiger partial charge in [0.05, 0.1) is 12.6 Å². The van der Waals surface area contributed by atoms with Crippen LogP contribution in [0.4, 0.5) is 4.79 Å². The van der Waals surface area contributed by atoms with Crippen LogP contribution in [0.15, 0.2) is 41.2 Å². The summed E-state index contributed by atoms with van der Waals surface area (Å²) in [6.07, 6.45) is -1.50. The van der Waals surface area contributed by atoms with Crippen molar-refractivity contribution in [3.63, 3.8) is 0 Å². The number of amides is 3. The van der Waals surface area contributed by atoms with E-state index in [1.54, 1.807) is 24.3 Å². The van der Waals surface area contributed by atoms with E-state index < -0.39 is 29.6 Å². The van der Waals surface area contributed by atoms with Crippen molar-refractivity contribution in [2.75, 3.05) is 26.7 Å². The van der Waals surface area contributed by atoms with Crippen molar-refractivity contribution in [1.29, 1.82) is 0 Å². The molecule has 1 atom stereocenters. The summed E-state index contributed by atoms with van der Waals surface area (Å²) in [6.45, 7) is 1.55. The van der Waals surface area contributed by atoms with Gasteiger partial charge in [-0.3, -0.25) is 14.4 Å². The molecule has 0 aliphatic heterocycles. The van der Waals surface area contributed by atoms with E-state index in [-0.39, 0.29) is 37.5 Å². The number of pyridine rings is 1. The molecule has 11 heteroatoms. The average Bonchev–Trinajstić information content (AvgIpc) is 2.76. The van der Waals surface area contributed by atoms with E-state index in [9.17, 15) is 24.3 Å². The number of alkyl carbamates (subject to hydrolysis) is 1. The summed E-state index contributed by atoms with van der Waals surface area (Å²) in [7, 11) is 1.40. The molecule has 0 fully saturated rings. The SMILES string of the molecule is CNC(=O)OCCN(CC(C)O)C(=O)c1ccc(C(=O)NCc2ccc(Cl)cc2)c(=O)[nH]1. The minimum atomic E-state index is -0.844. The molecule has 1 unspecified atom stereocenters. The number of benzene rings is 1. The molecule has 172 valence electrons. The highest BCUT2D eigenvalue weighted by atomic mass is 35.5. The maximum Gasteiger partial charge on any atom is 0.406 e. The summed E-state index contributed by atoms with van der Waals surface area (Å²) in [5.74, 6) is -1.18. The zero-order valence-corrected chi connectivity index (χ0v) is 18.4. The first kappa shape index (κ1) is 24.9. The lowest BCUT2D eigenvalue weighted by molar-refractivity contribution is 0.0576. The Morgan fingerprint density at radius 3 is 2.47 bits per heavy atom. The van der Waals surface area contributed by atoms with Crippen LogP contribution in [-0.2, 0) is 11.3 Å². The highest BCUT2D eigenvalue weighted by Gasteiger charge is 2.20. The normalized spacial score (nSPS) is 11.4. The number of aliphatic hydroxyl groups excluding tert-OH is 1. The number of hydrogen-bond donors (Lipinski definition) is 4. The Bertz CT molecular complexity index is 1010. The average molecular weight is 465 g/mol. The predicted molar refractivity (Wildman–Crippen MR) is 118 cm³/mol. The number of nitrogens with one attached hydrogen (secondary N) is 3. The smallest absolute Gasteiger partial charge is 0.406 e. The van der Waals surface area contributed by atoms with E-state index >= 15 is 0 Å². The van der Waals surface area contributed by atoms with Crippen LogP contribution in [0.5, 0.6) is 0 Å². The van der Waals surface area contributed by atoms with Crippen molar-refractivity contribution >= 4 is 29.5 Å². The lowest BCUT2D eigenvalue weighted by atomic mass is 10.2. The van der Waals surface area contributed by atoms with Crippen molar-refractivity contribution in [2.24, 2.45) is 0 Å². The van der Waals surface area contributed by atoms with Crippen LogP contribution >= 0.6 is 11.6 Å². The van der Waals surface area contributed by atoms with Crippen molar-refractivity contribution in [2.45, 2.75) is 19.6 Å². The third kappa shape index (κ3) is 7.40. The number of carbonyl (C=O) groups is 3. The molecular formula is C21H25ClN4O6. The number of ether oxygens (including phenoxy) is 1. The Kier molecular flexibility index (Phi) is 9.23. The van der Waals surface area contributed by atoms with Crippen LogP contribution < -0.4 is 16.2 Å². The molecule has 10 nitrogen and oxygen atoms in total. The number of aromatic nitrogens is 1. The Morgan fingerprint density at radius 1 is 1.19 bits per heavy atom. The van der Waals surface area contributed by atoms with Crippen molar-refractivity contribution in [3.8, 4) is 0 Å². The molecule has 1 aromatic heterocycles. The zero-order chi connectivity index (χ0) is 23.7. The van der Waals surface area contributed by atoms with Gasteiger partial charge in [0.1, 0.15) is 17.9 Å². The fourth-order valence-electron chi connectivity index (χ4n) is 2.74. The molecule has 3 amide bonds. The monoisotopic (exact) mass is 464 g/mol. The number of H-pyrrole nitrogens is 1. The van der Waals surface area contributed by atoms with Gasteiger partial charge in [-0.15, -0.1) is 0 Å². The van der Waals surface area contributed by atoms with E-state index in [4.69, 9.17) is 16.3 Å². The number of rotatable bonds is 9. The van der Waals surface area contributed by atoms with Gasteiger partial charge in [0.25, 0.3) is 17.4 Å². The summed E-state index contributed by atoms with van der Waals surface area (Å²) in [5, 5.41) is 15.2. The Morgan fingerprint density at radius 2 is 1.88 bits per heavy atom. The minimum Gasteiger partial charge on any atom is -0.448 e. The number of carbonyl (C=O) groups excluding carboxylic acids is 3. The van der Waals surface area contributed by atoms with Crippen LogP contribution in [-0.4, -0.2) is 65.7 Å². The van der Waals surface area contributed by atoms with Crippen LogP contribution in [0.2, 0.25) is 5.02 Å². The second-order valence-corrected chi connectivity index (χ2v) is 7.35. The fraction of sp³-hybridized carbons (Fsp3) is 0.333. The first-order valence-electron chi connectivity index (χ1n) is 9.79. The minimum absolute atomic E-state index is 0.00249. The van der Waals surface area contributed by atoms with Crippen LogP contribution in [0.25, 0.3) is 0 Å². The predicted octanol–water partition coefficient (Wildman–Crippen LogP) is 1.14. The van der Waals surface area contributed by atoms with Crippen molar-refractivity contribution in [1.82, 2.24) is 20.5 Å². The van der Waals surface area contributed by atoms with Crippen molar-refractivity contribution < 1.29 is 24.2 Å². The molecule has 32 heavy (non-hydrogen) atoms. The molecule has 0 spiro atoms. The summed E-state index contributed by atoms with van der Waals surface area (Å²) in [5.41, 5.74) is -0.146. The van der Waals surface area contributed by atoms with Gasteiger partial charge >= 0.3 is 6.09 Å². The Balaban J connectivity index is 2.07. The van der Waals surface area contributed by atoms with Crippen LogP contribution in [0.3, 0.4) is 0 Å². The van der Waals surface area contributed by atoms with Crippen LogP contribution in [0, 0.1) is 0 Å². The quantitative estimate of drug-likeness (QED) is 0.438. The van der Waals surface area contributed by atoms with Crippen molar-refractivity contribution in [3.05, 3.63) is 68.6 Å². The van der Waals surface area contributed by atoms with Gasteiger partial charge in [-0.2, -0.15) is 0 Å². The summed E-state index contributed by atoms with van der Waals surface area (Å²) in [6, 6.07) is 9.45. The third-order valence-electron chi connectivity index (χ3n) is 4.32. The third-order valence-corrected chi connectivity index (χ3v) is 4.57.